The first-order valence-corrected chi connectivity index (χ1v) is 5.46. The van der Waals surface area contributed by atoms with Crippen LogP contribution in [0.3, 0.4) is 0 Å². The van der Waals surface area contributed by atoms with Crippen molar-refractivity contribution in [2.24, 2.45) is 0 Å². The molecule has 0 aromatic heterocycles. The molecule has 0 spiro atoms. The zero-order chi connectivity index (χ0) is 10.6. The summed E-state index contributed by atoms with van der Waals surface area (Å²) in [5.74, 6) is 0. The van der Waals surface area contributed by atoms with E-state index in [-0.39, 0.29) is 11.4 Å². The van der Waals surface area contributed by atoms with Crippen LogP contribution in [-0.4, -0.2) is 21.2 Å². The van der Waals surface area contributed by atoms with Crippen molar-refractivity contribution >= 4 is 16.3 Å². The molecule has 1 rings (SSSR count). The van der Waals surface area contributed by atoms with Gasteiger partial charge in [0, 0.05) is 0 Å². The molecule has 14 heavy (non-hydrogen) atoms. The van der Waals surface area contributed by atoms with Crippen molar-refractivity contribution in [3.63, 3.8) is 0 Å². The van der Waals surface area contributed by atoms with E-state index in [0.717, 1.165) is 5.56 Å². The van der Waals surface area contributed by atoms with Crippen LogP contribution in [0.5, 0.6) is 0 Å². The first kappa shape index (κ1) is 10.9. The maximum Gasteiger partial charge on any atom is 0.240 e. The second-order valence-electron chi connectivity index (χ2n) is 2.78. The van der Waals surface area contributed by atoms with Crippen LogP contribution in [0.4, 0.5) is 0 Å². The number of rotatable bonds is 4. The van der Waals surface area contributed by atoms with E-state index in [1.165, 1.54) is 18.4 Å². The molecule has 0 saturated carbocycles. The van der Waals surface area contributed by atoms with Crippen LogP contribution in [0.15, 0.2) is 29.2 Å². The first-order chi connectivity index (χ1) is 6.56. The monoisotopic (exact) mass is 212 g/mol. The molecule has 0 aliphatic rings. The molecule has 1 N–H and O–H groups in total. The molecule has 0 unspecified atom stereocenters. The Morgan fingerprint density at radius 2 is 1.86 bits per heavy atom. The summed E-state index contributed by atoms with van der Waals surface area (Å²) in [6.07, 6.45) is 1.46. The number of hydrogen-bond donors (Lipinski definition) is 1. The van der Waals surface area contributed by atoms with Gasteiger partial charge in [-0.2, -0.15) is 0 Å². The van der Waals surface area contributed by atoms with E-state index < -0.39 is 10.0 Å². The lowest BCUT2D eigenvalue weighted by atomic mass is 10.2. The van der Waals surface area contributed by atoms with Crippen molar-refractivity contribution in [2.45, 2.75) is 11.8 Å². The summed E-state index contributed by atoms with van der Waals surface area (Å²) in [6.45, 7) is 1.54. The molecule has 4 nitrogen and oxygen atoms in total. The molecule has 0 heterocycles. The highest BCUT2D eigenvalue weighted by Gasteiger charge is 2.11. The average Bonchev–Trinajstić information content (AvgIpc) is 2.16. The van der Waals surface area contributed by atoms with Crippen LogP contribution < -0.4 is 4.72 Å². The van der Waals surface area contributed by atoms with Gasteiger partial charge in [-0.15, -0.1) is 0 Å². The Morgan fingerprint density at radius 3 is 2.36 bits per heavy atom. The van der Waals surface area contributed by atoms with Crippen LogP contribution in [0.1, 0.15) is 5.56 Å². The maximum absolute atomic E-state index is 11.4. The van der Waals surface area contributed by atoms with Crippen molar-refractivity contribution in [1.29, 1.82) is 0 Å². The summed E-state index contributed by atoms with van der Waals surface area (Å²) in [4.78, 5) is 10.0. The van der Waals surface area contributed by atoms with E-state index in [4.69, 9.17) is 0 Å². The number of aryl methyl sites for hydroxylation is 1. The number of benzene rings is 1. The van der Waals surface area contributed by atoms with E-state index in [2.05, 4.69) is 4.72 Å². The van der Waals surface area contributed by atoms with Crippen molar-refractivity contribution in [3.05, 3.63) is 29.8 Å². The zero-order valence-corrected chi connectivity index (χ0v) is 8.47. The summed E-state index contributed by atoms with van der Waals surface area (Å²) in [5, 5.41) is 0. The molecule has 1 radical (unpaired) electrons. The van der Waals surface area contributed by atoms with Gasteiger partial charge in [0.15, 0.2) is 0 Å². The van der Waals surface area contributed by atoms with Crippen LogP contribution in [-0.2, 0) is 14.8 Å². The van der Waals surface area contributed by atoms with Crippen molar-refractivity contribution in [2.75, 3.05) is 6.54 Å². The molecule has 1 aromatic carbocycles. The Kier molecular flexibility index (Phi) is 3.38. The summed E-state index contributed by atoms with van der Waals surface area (Å²) in [6, 6.07) is 6.36. The van der Waals surface area contributed by atoms with Gasteiger partial charge in [-0.3, -0.25) is 4.79 Å². The molecule has 0 saturated heterocycles. The quantitative estimate of drug-likeness (QED) is 0.785. The topological polar surface area (TPSA) is 63.2 Å². The smallest absolute Gasteiger partial charge is 0.240 e. The van der Waals surface area contributed by atoms with E-state index in [0.29, 0.717) is 0 Å². The summed E-state index contributed by atoms with van der Waals surface area (Å²) in [5.41, 5.74) is 0.978. The van der Waals surface area contributed by atoms with Gasteiger partial charge >= 0.3 is 0 Å². The Bertz CT molecular complexity index is 408. The molecule has 75 valence electrons. The van der Waals surface area contributed by atoms with Crippen LogP contribution in [0, 0.1) is 6.92 Å². The highest BCUT2D eigenvalue weighted by molar-refractivity contribution is 7.89. The fourth-order valence-electron chi connectivity index (χ4n) is 0.925. The van der Waals surface area contributed by atoms with E-state index in [9.17, 15) is 13.2 Å². The molecule has 0 aliphatic heterocycles. The second kappa shape index (κ2) is 4.34. The number of sulfonamides is 1. The first-order valence-electron chi connectivity index (χ1n) is 3.97. The molecular weight excluding hydrogens is 202 g/mol. The minimum atomic E-state index is -3.55. The third-order valence-electron chi connectivity index (χ3n) is 1.67. The minimum absolute atomic E-state index is 0.151. The van der Waals surface area contributed by atoms with Crippen LogP contribution in [0.25, 0.3) is 0 Å². The van der Waals surface area contributed by atoms with Gasteiger partial charge in [0.25, 0.3) is 0 Å². The van der Waals surface area contributed by atoms with E-state index in [1.54, 1.807) is 12.1 Å². The van der Waals surface area contributed by atoms with Gasteiger partial charge in [0.1, 0.15) is 0 Å². The maximum atomic E-state index is 11.4. The van der Waals surface area contributed by atoms with Crippen molar-refractivity contribution < 1.29 is 13.2 Å². The number of nitrogens with one attached hydrogen (secondary N) is 1. The Balaban J connectivity index is 2.93. The third kappa shape index (κ3) is 2.65. The van der Waals surface area contributed by atoms with Crippen molar-refractivity contribution in [3.8, 4) is 0 Å². The van der Waals surface area contributed by atoms with Gasteiger partial charge < -0.3 is 0 Å². The van der Waals surface area contributed by atoms with Gasteiger partial charge in [0.05, 0.1) is 11.4 Å². The fraction of sp³-hybridized carbons (Fsp3) is 0.222. The second-order valence-corrected chi connectivity index (χ2v) is 4.55. The van der Waals surface area contributed by atoms with E-state index in [1.807, 2.05) is 6.92 Å². The summed E-state index contributed by atoms with van der Waals surface area (Å²) < 4.78 is 24.9. The fourth-order valence-corrected chi connectivity index (χ4v) is 1.84. The normalized spacial score (nSPS) is 11.2. The van der Waals surface area contributed by atoms with Gasteiger partial charge in [-0.05, 0) is 19.1 Å². The van der Waals surface area contributed by atoms with Gasteiger partial charge in [0.2, 0.25) is 16.3 Å². The molecule has 0 atom stereocenters. The number of carbonyl (C=O) groups excluding carboxylic acids is 1. The summed E-state index contributed by atoms with van der Waals surface area (Å²) in [7, 11) is -3.55. The third-order valence-corrected chi connectivity index (χ3v) is 3.08. The predicted molar refractivity (Wildman–Crippen MR) is 52.1 cm³/mol. The molecule has 0 amide bonds. The highest BCUT2D eigenvalue weighted by Crippen LogP contribution is 2.08. The lowest BCUT2D eigenvalue weighted by Gasteiger charge is -2.03. The Morgan fingerprint density at radius 1 is 1.29 bits per heavy atom. The largest absolute Gasteiger partial charge is 0.289 e. The predicted octanol–water partition coefficient (Wildman–Crippen LogP) is 0.383. The van der Waals surface area contributed by atoms with Crippen molar-refractivity contribution in [1.82, 2.24) is 4.72 Å². The molecule has 5 heteroatoms. The highest BCUT2D eigenvalue weighted by atomic mass is 32.2. The zero-order valence-electron chi connectivity index (χ0n) is 7.65. The van der Waals surface area contributed by atoms with Gasteiger partial charge in [-0.25, -0.2) is 13.1 Å². The molecule has 0 aliphatic carbocycles. The minimum Gasteiger partial charge on any atom is -0.289 e. The number of hydrogen-bond acceptors (Lipinski definition) is 3. The average molecular weight is 212 g/mol. The molecule has 1 aromatic rings. The van der Waals surface area contributed by atoms with Crippen LogP contribution >= 0.6 is 0 Å². The van der Waals surface area contributed by atoms with Gasteiger partial charge in [-0.1, -0.05) is 17.7 Å². The Labute approximate surface area is 83.0 Å². The lowest BCUT2D eigenvalue weighted by molar-refractivity contribution is 0.550. The molecule has 0 bridgehead atoms. The van der Waals surface area contributed by atoms with E-state index >= 15 is 0 Å². The SMILES string of the molecule is Cc1ccc(S(=O)(=O)NC[C]=O)cc1. The Hall–Kier alpha value is -1.20. The summed E-state index contributed by atoms with van der Waals surface area (Å²) >= 11 is 0. The lowest BCUT2D eigenvalue weighted by Crippen LogP contribution is -2.25. The van der Waals surface area contributed by atoms with Crippen LogP contribution in [0.2, 0.25) is 0 Å². The molecular formula is C9H10NO3S. The standard InChI is InChI=1S/C9H10NO3S/c1-8-2-4-9(5-3-8)14(12,13)10-6-7-11/h2-5,10H,6H2,1H3. The molecule has 0 fully saturated rings.